The molecule has 2 aromatic rings. The van der Waals surface area contributed by atoms with Crippen molar-refractivity contribution < 1.29 is 36.5 Å². The molecule has 0 aromatic heterocycles. The lowest BCUT2D eigenvalue weighted by Gasteiger charge is -2.28. The average molecular weight is 553 g/mol. The normalized spacial score (nSPS) is 14.7. The zero-order chi connectivity index (χ0) is 24.2. The number of ether oxygens (including phenoxy) is 1. The first-order valence-electron chi connectivity index (χ1n) is 10.00. The van der Waals surface area contributed by atoms with Gasteiger partial charge >= 0.3 is 12.0 Å². The molecule has 2 N–H and O–H groups in total. The molecule has 180 valence electrons. The summed E-state index contributed by atoms with van der Waals surface area (Å²) in [7, 11) is -4.21. The molecule has 0 radical (unpaired) electrons. The minimum Gasteiger partial charge on any atom is -0.404 e. The van der Waals surface area contributed by atoms with E-state index in [0.717, 1.165) is 36.2 Å². The van der Waals surface area contributed by atoms with Gasteiger partial charge in [0.1, 0.15) is 4.90 Å². The van der Waals surface area contributed by atoms with Crippen molar-refractivity contribution in [1.29, 1.82) is 0 Å². The van der Waals surface area contributed by atoms with Crippen LogP contribution in [0.1, 0.15) is 24.0 Å². The van der Waals surface area contributed by atoms with Gasteiger partial charge in [-0.15, -0.1) is 13.2 Å². The van der Waals surface area contributed by atoms with E-state index >= 15 is 0 Å². The number of sulfonamides is 1. The van der Waals surface area contributed by atoms with Gasteiger partial charge in [-0.1, -0.05) is 22.0 Å². The quantitative estimate of drug-likeness (QED) is 0.356. The number of hydrogen-bond donors (Lipinski definition) is 2. The molecule has 33 heavy (non-hydrogen) atoms. The van der Waals surface area contributed by atoms with Crippen LogP contribution in [0.3, 0.4) is 0 Å². The van der Waals surface area contributed by atoms with E-state index in [4.69, 9.17) is 5.21 Å². The summed E-state index contributed by atoms with van der Waals surface area (Å²) in [5.74, 6) is -0.810. The first-order valence-corrected chi connectivity index (χ1v) is 12.3. The molecule has 1 aliphatic heterocycles. The Labute approximate surface area is 197 Å². The van der Waals surface area contributed by atoms with Gasteiger partial charge in [-0.25, -0.2) is 18.3 Å². The van der Waals surface area contributed by atoms with Gasteiger partial charge in [0.25, 0.3) is 4.92 Å². The lowest BCUT2D eigenvalue weighted by molar-refractivity contribution is -0.729. The van der Waals surface area contributed by atoms with Crippen LogP contribution in [-0.4, -0.2) is 49.4 Å². The van der Waals surface area contributed by atoms with Gasteiger partial charge in [-0.2, -0.15) is 0 Å². The molecule has 1 aliphatic rings. The van der Waals surface area contributed by atoms with E-state index in [1.54, 1.807) is 12.1 Å². The fraction of sp³-hybridized carbons (Fsp3) is 0.400. The van der Waals surface area contributed by atoms with Crippen LogP contribution in [0.2, 0.25) is 0 Å². The second-order valence-corrected chi connectivity index (χ2v) is 10.1. The van der Waals surface area contributed by atoms with Crippen molar-refractivity contribution in [2.45, 2.75) is 37.1 Å². The Morgan fingerprint density at radius 1 is 1.15 bits per heavy atom. The molecule has 1 heterocycles. The average Bonchev–Trinajstić information content (AvgIpc) is 2.71. The fourth-order valence-corrected chi connectivity index (χ4v) is 5.09. The third kappa shape index (κ3) is 7.13. The Hall–Kier alpha value is -2.22. The SMILES string of the molecule is O=[N+](O)c1ccc2c(c1)CN(CCCCNS(=O)(=O)c1ccc(Br)cc1OC(F)(F)F)CC2. The minimum absolute atomic E-state index is 0.0497. The summed E-state index contributed by atoms with van der Waals surface area (Å²) in [5.41, 5.74) is 2.21. The Morgan fingerprint density at radius 3 is 2.61 bits per heavy atom. The summed E-state index contributed by atoms with van der Waals surface area (Å²) < 4.78 is 69.4. The van der Waals surface area contributed by atoms with E-state index < -0.39 is 27.0 Å². The van der Waals surface area contributed by atoms with Crippen molar-refractivity contribution in [2.24, 2.45) is 0 Å². The summed E-state index contributed by atoms with van der Waals surface area (Å²) in [5, 5.41) is 9.07. The highest BCUT2D eigenvalue weighted by Gasteiger charge is 2.34. The Kier molecular flexibility index (Phi) is 7.98. The van der Waals surface area contributed by atoms with E-state index in [2.05, 4.69) is 30.3 Å². The van der Waals surface area contributed by atoms with Crippen molar-refractivity contribution in [1.82, 2.24) is 9.62 Å². The molecule has 0 atom stereocenters. The molecular formula is C20H22BrF3N3O5S+. The predicted molar refractivity (Wildman–Crippen MR) is 116 cm³/mol. The molecule has 2 aromatic carbocycles. The number of rotatable bonds is 9. The van der Waals surface area contributed by atoms with Crippen molar-refractivity contribution in [3.8, 4) is 5.75 Å². The highest BCUT2D eigenvalue weighted by Crippen LogP contribution is 2.32. The summed E-state index contributed by atoms with van der Waals surface area (Å²) in [4.78, 5) is 12.5. The molecule has 0 spiro atoms. The van der Waals surface area contributed by atoms with Crippen LogP contribution in [-0.2, 0) is 23.0 Å². The van der Waals surface area contributed by atoms with Gasteiger partial charge in [0.2, 0.25) is 10.0 Å². The number of fused-ring (bicyclic) bond motifs is 1. The zero-order valence-corrected chi connectivity index (χ0v) is 19.7. The molecule has 0 fully saturated rings. The maximum atomic E-state index is 12.6. The van der Waals surface area contributed by atoms with Crippen molar-refractivity contribution in [3.63, 3.8) is 0 Å². The number of alkyl halides is 3. The Balaban J connectivity index is 1.51. The predicted octanol–water partition coefficient (Wildman–Crippen LogP) is 4.26. The molecule has 0 unspecified atom stereocenters. The van der Waals surface area contributed by atoms with Gasteiger partial charge in [0, 0.05) is 36.2 Å². The van der Waals surface area contributed by atoms with E-state index in [0.29, 0.717) is 25.9 Å². The van der Waals surface area contributed by atoms with Crippen LogP contribution in [0.25, 0.3) is 0 Å². The lowest BCUT2D eigenvalue weighted by Crippen LogP contribution is -2.32. The largest absolute Gasteiger partial charge is 0.573 e. The highest BCUT2D eigenvalue weighted by atomic mass is 79.9. The fourth-order valence-electron chi connectivity index (χ4n) is 3.56. The topological polar surface area (TPSA) is 99.0 Å². The minimum atomic E-state index is -5.03. The van der Waals surface area contributed by atoms with Crippen LogP contribution in [0, 0.1) is 4.91 Å². The maximum absolute atomic E-state index is 12.6. The standard InChI is InChI=1S/C20H22BrF3N3O5S/c21-16-4-6-19(18(12-16)32-20(22,23)24)33(30,31)25-8-1-2-9-26-10-7-14-3-5-17(27(28)29)11-15(14)13-26/h3-6,11-12,25H,1-2,7-10,13H2,(H,28,29)/q+1. The van der Waals surface area contributed by atoms with Crippen LogP contribution in [0.5, 0.6) is 5.75 Å². The molecule has 0 saturated carbocycles. The number of unbranched alkanes of at least 4 members (excludes halogenated alkanes) is 1. The number of halogens is 4. The van der Waals surface area contributed by atoms with Gasteiger partial charge in [0.15, 0.2) is 5.75 Å². The van der Waals surface area contributed by atoms with Crippen LogP contribution in [0.4, 0.5) is 18.9 Å². The smallest absolute Gasteiger partial charge is 0.404 e. The first kappa shape index (κ1) is 25.4. The van der Waals surface area contributed by atoms with E-state index in [1.165, 1.54) is 6.07 Å². The molecule has 8 nitrogen and oxygen atoms in total. The molecule has 3 rings (SSSR count). The highest BCUT2D eigenvalue weighted by molar-refractivity contribution is 9.10. The van der Waals surface area contributed by atoms with Gasteiger partial charge < -0.3 is 4.74 Å². The molecule has 0 aliphatic carbocycles. The van der Waals surface area contributed by atoms with Crippen LogP contribution >= 0.6 is 15.9 Å². The molecule has 0 amide bonds. The second-order valence-electron chi connectivity index (χ2n) is 7.50. The number of benzene rings is 2. The molecule has 0 bridgehead atoms. The van der Waals surface area contributed by atoms with Gasteiger partial charge in [0.05, 0.1) is 4.91 Å². The summed E-state index contributed by atoms with van der Waals surface area (Å²) in [6.07, 6.45) is -3.11. The molecule has 13 heteroatoms. The Morgan fingerprint density at radius 2 is 1.91 bits per heavy atom. The van der Waals surface area contributed by atoms with Crippen molar-refractivity contribution in [3.05, 3.63) is 56.9 Å². The number of nitrogens with zero attached hydrogens (tertiary/aromatic N) is 2. The van der Waals surface area contributed by atoms with E-state index in [-0.39, 0.29) is 21.6 Å². The van der Waals surface area contributed by atoms with Crippen LogP contribution < -0.4 is 9.46 Å². The summed E-state index contributed by atoms with van der Waals surface area (Å²) >= 11 is 3.01. The molecule has 0 saturated heterocycles. The molecular weight excluding hydrogens is 531 g/mol. The summed E-state index contributed by atoms with van der Waals surface area (Å²) in [6, 6.07) is 8.33. The van der Waals surface area contributed by atoms with Gasteiger partial charge in [-0.3, -0.25) is 4.90 Å². The van der Waals surface area contributed by atoms with Crippen LogP contribution in [0.15, 0.2) is 45.8 Å². The van der Waals surface area contributed by atoms with E-state index in [9.17, 15) is 26.5 Å². The first-order chi connectivity index (χ1) is 15.4. The van der Waals surface area contributed by atoms with E-state index in [1.807, 2.05) is 6.07 Å². The Bertz CT molecular complexity index is 1130. The number of nitrogens with one attached hydrogen (secondary N) is 1. The summed E-state index contributed by atoms with van der Waals surface area (Å²) in [6.45, 7) is 2.12. The third-order valence-corrected chi connectivity index (χ3v) is 7.11. The zero-order valence-electron chi connectivity index (χ0n) is 17.3. The lowest BCUT2D eigenvalue weighted by atomic mass is 9.99. The third-order valence-electron chi connectivity index (χ3n) is 5.12. The number of hydrogen-bond acceptors (Lipinski definition) is 5. The maximum Gasteiger partial charge on any atom is 0.573 e. The van der Waals surface area contributed by atoms with Crippen molar-refractivity contribution >= 4 is 31.6 Å². The van der Waals surface area contributed by atoms with Gasteiger partial charge in [-0.05, 0) is 55.1 Å². The van der Waals surface area contributed by atoms with Crippen molar-refractivity contribution in [2.75, 3.05) is 19.6 Å². The monoisotopic (exact) mass is 552 g/mol. The second kappa shape index (κ2) is 10.4.